The van der Waals surface area contributed by atoms with Gasteiger partial charge in [-0.05, 0) is 62.1 Å². The molecule has 43 heavy (non-hydrogen) atoms. The van der Waals surface area contributed by atoms with E-state index in [4.69, 9.17) is 16.3 Å². The Labute approximate surface area is 258 Å². The number of fused-ring (bicyclic) bond motifs is 1. The number of carbonyl (C=O) groups excluding carboxylic acids is 3. The maximum absolute atomic E-state index is 14.8. The van der Waals surface area contributed by atoms with Crippen molar-refractivity contribution < 1.29 is 24.2 Å². The van der Waals surface area contributed by atoms with Crippen molar-refractivity contribution in [3.8, 4) is 0 Å². The highest BCUT2D eigenvalue weighted by atomic mass is 35.5. The predicted octanol–water partition coefficient (Wildman–Crippen LogP) is 4.86. The second-order valence-corrected chi connectivity index (χ2v) is 12.4. The van der Waals surface area contributed by atoms with Gasteiger partial charge in [0, 0.05) is 29.5 Å². The van der Waals surface area contributed by atoms with Crippen molar-refractivity contribution in [2.24, 2.45) is 17.8 Å². The lowest BCUT2D eigenvalue weighted by Gasteiger charge is -2.39. The van der Waals surface area contributed by atoms with Gasteiger partial charge in [0.15, 0.2) is 0 Å². The molecule has 2 aromatic rings. The summed E-state index contributed by atoms with van der Waals surface area (Å²) in [6.07, 6.45) is 4.14. The van der Waals surface area contributed by atoms with Gasteiger partial charge in [0.1, 0.15) is 11.6 Å². The molecule has 3 saturated heterocycles. The van der Waals surface area contributed by atoms with Crippen LogP contribution in [-0.2, 0) is 19.1 Å². The fourth-order valence-electron chi connectivity index (χ4n) is 7.59. The smallest absolute Gasteiger partial charge is 0.253 e. The van der Waals surface area contributed by atoms with E-state index in [2.05, 4.69) is 13.2 Å². The summed E-state index contributed by atoms with van der Waals surface area (Å²) >= 11 is 6.15. The van der Waals surface area contributed by atoms with E-state index >= 15 is 0 Å². The van der Waals surface area contributed by atoms with Crippen LogP contribution in [0.3, 0.4) is 0 Å². The molecule has 2 bridgehead atoms. The highest BCUT2D eigenvalue weighted by Gasteiger charge is 2.80. The molecular weight excluding hydrogens is 566 g/mol. The molecule has 9 heteroatoms. The van der Waals surface area contributed by atoms with Crippen LogP contribution in [0.1, 0.15) is 33.6 Å². The van der Waals surface area contributed by atoms with Crippen molar-refractivity contribution in [3.05, 3.63) is 84.9 Å². The SMILES string of the molecule is C=CCN(C(=O)C1N([C@@H](CC)CO)C(=O)[C@@H]2[C@H](C(=O)N(CC=C)c3ccccc3)[C@@]3(C)OC12CC3C)c1ccc(Cl)cc1. The van der Waals surface area contributed by atoms with Gasteiger partial charge in [-0.15, -0.1) is 13.2 Å². The number of anilines is 2. The summed E-state index contributed by atoms with van der Waals surface area (Å²) in [5.74, 6) is -2.80. The number of hydrogen-bond donors (Lipinski definition) is 1. The average molecular weight is 606 g/mol. The molecule has 228 valence electrons. The number of nitrogens with zero attached hydrogens (tertiary/aromatic N) is 3. The maximum atomic E-state index is 14.8. The van der Waals surface area contributed by atoms with Gasteiger partial charge in [-0.2, -0.15) is 0 Å². The molecule has 1 spiro atoms. The molecule has 3 aliphatic heterocycles. The number of rotatable bonds is 11. The van der Waals surface area contributed by atoms with E-state index in [0.29, 0.717) is 29.2 Å². The summed E-state index contributed by atoms with van der Waals surface area (Å²) in [4.78, 5) is 48.7. The minimum absolute atomic E-state index is 0.125. The number of benzene rings is 2. The van der Waals surface area contributed by atoms with E-state index in [1.165, 1.54) is 4.90 Å². The number of aliphatic hydroxyl groups excluding tert-OH is 1. The lowest BCUT2D eigenvalue weighted by atomic mass is 9.62. The van der Waals surface area contributed by atoms with Crippen molar-refractivity contribution >= 4 is 40.7 Å². The standard InChI is InChI=1S/C34H40ClN3O5/c1-6-18-36(25-12-10-9-11-13-25)30(40)27-28-31(41)38(24(8-3)21-39)29(34(28)20-22(4)33(27,5)43-34)32(42)37(19-7-2)26-16-14-23(35)15-17-26/h6-7,9-17,22,24,27-29,39H,1-2,8,18-21H2,3-5H3/t22?,24-,27+,28-,29?,33-,34?/m0/s1. The Balaban J connectivity index is 1.65. The lowest BCUT2D eigenvalue weighted by Crippen LogP contribution is -2.59. The highest BCUT2D eigenvalue weighted by Crippen LogP contribution is 2.66. The monoisotopic (exact) mass is 605 g/mol. The fourth-order valence-corrected chi connectivity index (χ4v) is 7.71. The average Bonchev–Trinajstić information content (AvgIpc) is 3.52. The Kier molecular flexibility index (Phi) is 8.58. The first-order valence-corrected chi connectivity index (χ1v) is 15.3. The van der Waals surface area contributed by atoms with Crippen molar-refractivity contribution in [2.75, 3.05) is 29.5 Å². The number of likely N-dealkylation sites (tertiary alicyclic amines) is 1. The van der Waals surface area contributed by atoms with Crippen molar-refractivity contribution in [1.82, 2.24) is 4.90 Å². The van der Waals surface area contributed by atoms with Crippen molar-refractivity contribution in [3.63, 3.8) is 0 Å². The molecule has 5 rings (SSSR count). The molecular formula is C34H40ClN3O5. The molecule has 3 unspecified atom stereocenters. The van der Waals surface area contributed by atoms with Crippen LogP contribution in [0.2, 0.25) is 5.02 Å². The van der Waals surface area contributed by atoms with Gasteiger partial charge in [-0.3, -0.25) is 14.4 Å². The van der Waals surface area contributed by atoms with Crippen LogP contribution in [0.4, 0.5) is 11.4 Å². The third kappa shape index (κ3) is 4.80. The number of para-hydroxylation sites is 1. The number of aliphatic hydroxyl groups is 1. The third-order valence-corrected chi connectivity index (χ3v) is 9.94. The predicted molar refractivity (Wildman–Crippen MR) is 168 cm³/mol. The van der Waals surface area contributed by atoms with Crippen LogP contribution in [0.5, 0.6) is 0 Å². The molecule has 8 nitrogen and oxygen atoms in total. The molecule has 0 aliphatic carbocycles. The second-order valence-electron chi connectivity index (χ2n) is 12.0. The Morgan fingerprint density at radius 3 is 2.21 bits per heavy atom. The Bertz CT molecular complexity index is 1400. The molecule has 1 N–H and O–H groups in total. The van der Waals surface area contributed by atoms with Gasteiger partial charge in [0.2, 0.25) is 11.8 Å². The summed E-state index contributed by atoms with van der Waals surface area (Å²) in [7, 11) is 0. The summed E-state index contributed by atoms with van der Waals surface area (Å²) < 4.78 is 6.93. The molecule has 3 amide bonds. The Morgan fingerprint density at radius 1 is 1.07 bits per heavy atom. The topological polar surface area (TPSA) is 90.4 Å². The first-order valence-electron chi connectivity index (χ1n) is 14.9. The fraction of sp³-hybridized carbons (Fsp3) is 0.441. The molecule has 7 atom stereocenters. The Hall–Kier alpha value is -3.46. The van der Waals surface area contributed by atoms with Crippen LogP contribution >= 0.6 is 11.6 Å². The van der Waals surface area contributed by atoms with Crippen LogP contribution in [0.15, 0.2) is 79.9 Å². The van der Waals surface area contributed by atoms with Gasteiger partial charge in [-0.25, -0.2) is 0 Å². The van der Waals surface area contributed by atoms with Crippen LogP contribution in [-0.4, -0.2) is 70.7 Å². The van der Waals surface area contributed by atoms with Crippen molar-refractivity contribution in [2.45, 2.75) is 56.9 Å². The van der Waals surface area contributed by atoms with Crippen LogP contribution in [0.25, 0.3) is 0 Å². The van der Waals surface area contributed by atoms with Gasteiger partial charge >= 0.3 is 0 Å². The molecule has 0 saturated carbocycles. The van der Waals surface area contributed by atoms with Gasteiger partial charge < -0.3 is 24.5 Å². The first kappa shape index (κ1) is 31.0. The second kappa shape index (κ2) is 11.9. The van der Waals surface area contributed by atoms with E-state index < -0.39 is 35.1 Å². The number of carbonyl (C=O) groups is 3. The summed E-state index contributed by atoms with van der Waals surface area (Å²) in [5, 5.41) is 11.0. The lowest BCUT2D eigenvalue weighted by molar-refractivity contribution is -0.149. The zero-order valence-electron chi connectivity index (χ0n) is 25.0. The Morgan fingerprint density at radius 2 is 1.65 bits per heavy atom. The van der Waals surface area contributed by atoms with E-state index in [9.17, 15) is 19.5 Å². The van der Waals surface area contributed by atoms with E-state index in [1.54, 1.807) is 46.2 Å². The molecule has 3 aliphatic rings. The van der Waals surface area contributed by atoms with E-state index in [0.717, 1.165) is 0 Å². The van der Waals surface area contributed by atoms with E-state index in [1.807, 2.05) is 51.1 Å². The van der Waals surface area contributed by atoms with Gasteiger partial charge in [0.05, 0.1) is 30.1 Å². The zero-order chi connectivity index (χ0) is 31.1. The minimum atomic E-state index is -1.26. The first-order chi connectivity index (χ1) is 20.6. The number of amides is 3. The number of ether oxygens (including phenoxy) is 1. The molecule has 0 radical (unpaired) electrons. The molecule has 3 heterocycles. The minimum Gasteiger partial charge on any atom is -0.394 e. The van der Waals surface area contributed by atoms with Crippen LogP contribution < -0.4 is 9.80 Å². The number of hydrogen-bond acceptors (Lipinski definition) is 5. The largest absolute Gasteiger partial charge is 0.394 e. The molecule has 2 aromatic carbocycles. The summed E-state index contributed by atoms with van der Waals surface area (Å²) in [6, 6.07) is 14.5. The van der Waals surface area contributed by atoms with Crippen molar-refractivity contribution in [1.29, 1.82) is 0 Å². The molecule has 0 aromatic heterocycles. The van der Waals surface area contributed by atoms with Crippen LogP contribution in [0, 0.1) is 17.8 Å². The normalized spacial score (nSPS) is 29.7. The van der Waals surface area contributed by atoms with Gasteiger partial charge in [0.25, 0.3) is 5.91 Å². The van der Waals surface area contributed by atoms with E-state index in [-0.39, 0.29) is 43.3 Å². The summed E-state index contributed by atoms with van der Waals surface area (Å²) in [6.45, 7) is 13.6. The summed E-state index contributed by atoms with van der Waals surface area (Å²) in [5.41, 5.74) is -0.953. The quantitative estimate of drug-likeness (QED) is 0.370. The van der Waals surface area contributed by atoms with Gasteiger partial charge in [-0.1, -0.05) is 55.8 Å². The maximum Gasteiger partial charge on any atom is 0.253 e. The molecule has 3 fully saturated rings. The highest BCUT2D eigenvalue weighted by molar-refractivity contribution is 6.30. The third-order valence-electron chi connectivity index (χ3n) is 9.69. The zero-order valence-corrected chi connectivity index (χ0v) is 25.7. The number of halogens is 1.